The summed E-state index contributed by atoms with van der Waals surface area (Å²) in [7, 11) is 3.10. The molecule has 0 atom stereocenters. The van der Waals surface area contributed by atoms with E-state index in [1.165, 1.54) is 7.11 Å². The minimum atomic E-state index is -0.456. The van der Waals surface area contributed by atoms with E-state index >= 15 is 0 Å². The van der Waals surface area contributed by atoms with Gasteiger partial charge < -0.3 is 14.8 Å². The van der Waals surface area contributed by atoms with Gasteiger partial charge in [0, 0.05) is 5.69 Å². The van der Waals surface area contributed by atoms with E-state index < -0.39 is 5.91 Å². The van der Waals surface area contributed by atoms with E-state index in [0.717, 1.165) is 11.1 Å². The zero-order valence-electron chi connectivity index (χ0n) is 14.7. The van der Waals surface area contributed by atoms with Gasteiger partial charge >= 0.3 is 0 Å². The van der Waals surface area contributed by atoms with Crippen LogP contribution in [0, 0.1) is 25.2 Å². The molecule has 2 aromatic carbocycles. The molecule has 0 radical (unpaired) electrons. The largest absolute Gasteiger partial charge is 0.493 e. The lowest BCUT2D eigenvalue weighted by Crippen LogP contribution is -2.13. The number of nitrogens with zero attached hydrogens (tertiary/aromatic N) is 1. The fraction of sp³-hybridized carbons (Fsp3) is 0.200. The van der Waals surface area contributed by atoms with Crippen LogP contribution in [0.25, 0.3) is 6.08 Å². The highest BCUT2D eigenvalue weighted by Crippen LogP contribution is 2.31. The molecular formula is C20H20N2O3. The molecule has 5 heteroatoms. The Hall–Kier alpha value is -3.26. The predicted octanol–water partition coefficient (Wildman–Crippen LogP) is 3.87. The van der Waals surface area contributed by atoms with Crippen LogP contribution in [0.4, 0.5) is 5.69 Å². The Kier molecular flexibility index (Phi) is 5.80. The molecule has 0 unspecified atom stereocenters. The van der Waals surface area contributed by atoms with Gasteiger partial charge in [-0.3, -0.25) is 4.79 Å². The molecule has 0 spiro atoms. The van der Waals surface area contributed by atoms with Gasteiger partial charge in [0.05, 0.1) is 14.2 Å². The lowest BCUT2D eigenvalue weighted by Gasteiger charge is -2.11. The highest BCUT2D eigenvalue weighted by Gasteiger charge is 2.12. The Bertz CT molecular complexity index is 864. The van der Waals surface area contributed by atoms with Crippen LogP contribution in [0.3, 0.4) is 0 Å². The lowest BCUT2D eigenvalue weighted by molar-refractivity contribution is -0.112. The molecule has 0 aliphatic carbocycles. The number of anilines is 1. The molecular weight excluding hydrogens is 316 g/mol. The summed E-state index contributed by atoms with van der Waals surface area (Å²) in [5.74, 6) is 0.679. The van der Waals surface area contributed by atoms with Crippen LogP contribution in [0.2, 0.25) is 0 Å². The van der Waals surface area contributed by atoms with E-state index in [0.29, 0.717) is 22.7 Å². The molecule has 0 saturated carbocycles. The van der Waals surface area contributed by atoms with Gasteiger partial charge in [-0.15, -0.1) is 0 Å². The topological polar surface area (TPSA) is 71.3 Å². The third kappa shape index (κ3) is 4.39. The Morgan fingerprint density at radius 1 is 1.12 bits per heavy atom. The van der Waals surface area contributed by atoms with Crippen molar-refractivity contribution in [1.29, 1.82) is 5.26 Å². The number of carbonyl (C=O) groups excluding carboxylic acids is 1. The Labute approximate surface area is 147 Å². The van der Waals surface area contributed by atoms with Crippen molar-refractivity contribution in [2.75, 3.05) is 19.5 Å². The van der Waals surface area contributed by atoms with Crippen molar-refractivity contribution in [3.63, 3.8) is 0 Å². The number of aryl methyl sites for hydroxylation is 2. The minimum absolute atomic E-state index is 0.0110. The predicted molar refractivity (Wildman–Crippen MR) is 97.7 cm³/mol. The molecule has 25 heavy (non-hydrogen) atoms. The number of benzene rings is 2. The summed E-state index contributed by atoms with van der Waals surface area (Å²) in [5.41, 5.74) is 3.27. The molecule has 2 rings (SSSR count). The fourth-order valence-corrected chi connectivity index (χ4v) is 2.38. The van der Waals surface area contributed by atoms with Gasteiger partial charge in [-0.1, -0.05) is 12.1 Å². The quantitative estimate of drug-likeness (QED) is 0.665. The number of nitrogens with one attached hydrogen (secondary N) is 1. The maximum Gasteiger partial charge on any atom is 0.266 e. The van der Waals surface area contributed by atoms with Crippen LogP contribution >= 0.6 is 0 Å². The zero-order chi connectivity index (χ0) is 18.4. The van der Waals surface area contributed by atoms with Crippen molar-refractivity contribution in [3.8, 4) is 17.6 Å². The molecule has 1 N–H and O–H groups in total. The molecule has 0 aliphatic heterocycles. The third-order valence-electron chi connectivity index (χ3n) is 3.71. The number of methoxy groups -OCH3 is 2. The average molecular weight is 336 g/mol. The first-order valence-corrected chi connectivity index (χ1v) is 7.71. The first kappa shape index (κ1) is 18.1. The number of hydrogen-bond acceptors (Lipinski definition) is 4. The summed E-state index contributed by atoms with van der Waals surface area (Å²) < 4.78 is 10.5. The second kappa shape index (κ2) is 8.02. The standard InChI is InChI=1S/C20H20N2O3/c1-13-6-5-7-17(8-13)22-20(23)16(12-21)10-15-11-19(25-4)18(24-3)9-14(15)2/h5-11H,1-4H3,(H,22,23)/b16-10-. The normalized spacial score (nSPS) is 10.8. The molecule has 0 aromatic heterocycles. The molecule has 1 amide bonds. The fourth-order valence-electron chi connectivity index (χ4n) is 2.38. The maximum atomic E-state index is 12.4. The first-order chi connectivity index (χ1) is 12.0. The SMILES string of the molecule is COc1cc(C)c(/C=C(/C#N)C(=O)Nc2cccc(C)c2)cc1OC. The van der Waals surface area contributed by atoms with Gasteiger partial charge in [-0.05, 0) is 60.9 Å². The van der Waals surface area contributed by atoms with Crippen LogP contribution in [-0.4, -0.2) is 20.1 Å². The summed E-state index contributed by atoms with van der Waals surface area (Å²) in [6.45, 7) is 3.81. The Morgan fingerprint density at radius 2 is 1.80 bits per heavy atom. The molecule has 0 heterocycles. The number of amides is 1. The summed E-state index contributed by atoms with van der Waals surface area (Å²) in [4.78, 5) is 12.4. The van der Waals surface area contributed by atoms with Gasteiger partial charge in [-0.25, -0.2) is 0 Å². The number of carbonyl (C=O) groups is 1. The van der Waals surface area contributed by atoms with Gasteiger partial charge in [-0.2, -0.15) is 5.26 Å². The average Bonchev–Trinajstić information content (AvgIpc) is 2.60. The Balaban J connectivity index is 2.34. The van der Waals surface area contributed by atoms with Gasteiger partial charge in [0.15, 0.2) is 11.5 Å². The van der Waals surface area contributed by atoms with Crippen molar-refractivity contribution in [1.82, 2.24) is 0 Å². The summed E-state index contributed by atoms with van der Waals surface area (Å²) in [5, 5.41) is 12.1. The number of rotatable bonds is 5. The highest BCUT2D eigenvalue weighted by molar-refractivity contribution is 6.09. The smallest absolute Gasteiger partial charge is 0.266 e. The first-order valence-electron chi connectivity index (χ1n) is 7.71. The molecule has 0 fully saturated rings. The van der Waals surface area contributed by atoms with Crippen molar-refractivity contribution in [2.45, 2.75) is 13.8 Å². The molecule has 2 aromatic rings. The van der Waals surface area contributed by atoms with Gasteiger partial charge in [0.2, 0.25) is 0 Å². The summed E-state index contributed by atoms with van der Waals surface area (Å²) >= 11 is 0. The second-order valence-corrected chi connectivity index (χ2v) is 5.56. The van der Waals surface area contributed by atoms with Crippen molar-refractivity contribution < 1.29 is 14.3 Å². The molecule has 0 aliphatic rings. The van der Waals surface area contributed by atoms with Crippen LogP contribution in [0.15, 0.2) is 42.0 Å². The van der Waals surface area contributed by atoms with Crippen LogP contribution < -0.4 is 14.8 Å². The van der Waals surface area contributed by atoms with Crippen molar-refractivity contribution in [3.05, 3.63) is 58.7 Å². The summed E-state index contributed by atoms with van der Waals surface area (Å²) in [6, 6.07) is 12.9. The van der Waals surface area contributed by atoms with Crippen molar-refractivity contribution in [2.24, 2.45) is 0 Å². The van der Waals surface area contributed by atoms with E-state index in [-0.39, 0.29) is 5.57 Å². The summed E-state index contributed by atoms with van der Waals surface area (Å²) in [6.07, 6.45) is 1.54. The number of hydrogen-bond donors (Lipinski definition) is 1. The third-order valence-corrected chi connectivity index (χ3v) is 3.71. The van der Waals surface area contributed by atoms with Crippen LogP contribution in [0.5, 0.6) is 11.5 Å². The monoisotopic (exact) mass is 336 g/mol. The highest BCUT2D eigenvalue weighted by atomic mass is 16.5. The molecule has 128 valence electrons. The Morgan fingerprint density at radius 3 is 2.40 bits per heavy atom. The van der Waals surface area contributed by atoms with Gasteiger partial charge in [0.1, 0.15) is 11.6 Å². The number of ether oxygens (including phenoxy) is 2. The van der Waals surface area contributed by atoms with Crippen LogP contribution in [-0.2, 0) is 4.79 Å². The number of nitriles is 1. The van der Waals surface area contributed by atoms with E-state index in [1.54, 1.807) is 31.4 Å². The second-order valence-electron chi connectivity index (χ2n) is 5.56. The molecule has 5 nitrogen and oxygen atoms in total. The van der Waals surface area contributed by atoms with Gasteiger partial charge in [0.25, 0.3) is 5.91 Å². The van der Waals surface area contributed by atoms with E-state index in [4.69, 9.17) is 9.47 Å². The lowest BCUT2D eigenvalue weighted by atomic mass is 10.0. The zero-order valence-corrected chi connectivity index (χ0v) is 14.7. The molecule has 0 bridgehead atoms. The maximum absolute atomic E-state index is 12.4. The van der Waals surface area contributed by atoms with E-state index in [9.17, 15) is 10.1 Å². The molecule has 0 saturated heterocycles. The minimum Gasteiger partial charge on any atom is -0.493 e. The van der Waals surface area contributed by atoms with Crippen LogP contribution in [0.1, 0.15) is 16.7 Å². The van der Waals surface area contributed by atoms with Crippen molar-refractivity contribution >= 4 is 17.7 Å². The van der Waals surface area contributed by atoms with E-state index in [2.05, 4.69) is 5.32 Å². The van der Waals surface area contributed by atoms with E-state index in [1.807, 2.05) is 38.1 Å².